The number of amides is 1. The van der Waals surface area contributed by atoms with Crippen LogP contribution in [-0.2, 0) is 0 Å². The zero-order valence-corrected chi connectivity index (χ0v) is 11.6. The number of primary amides is 1. The Kier molecular flexibility index (Phi) is 4.25. The van der Waals surface area contributed by atoms with Crippen molar-refractivity contribution in [3.8, 4) is 0 Å². The van der Waals surface area contributed by atoms with Crippen LogP contribution in [0, 0.1) is 5.82 Å². The molecule has 2 rings (SSSR count). The van der Waals surface area contributed by atoms with Crippen molar-refractivity contribution >= 4 is 23.2 Å². The van der Waals surface area contributed by atoms with E-state index in [1.165, 1.54) is 12.1 Å². The monoisotopic (exact) mass is 292 g/mol. The fraction of sp³-hybridized carbons (Fsp3) is 0.133. The number of carbonyl (C=O) groups excluding carboxylic acids is 1. The number of benzene rings is 2. The Labute approximate surface area is 121 Å². The lowest BCUT2D eigenvalue weighted by molar-refractivity contribution is 0.100. The van der Waals surface area contributed by atoms with Gasteiger partial charge in [0.2, 0.25) is 5.91 Å². The largest absolute Gasteiger partial charge is 0.378 e. The molecule has 3 N–H and O–H groups in total. The Hall–Kier alpha value is -2.07. The van der Waals surface area contributed by atoms with Gasteiger partial charge >= 0.3 is 0 Å². The molecule has 0 radical (unpaired) electrons. The summed E-state index contributed by atoms with van der Waals surface area (Å²) in [5, 5.41) is 3.53. The summed E-state index contributed by atoms with van der Waals surface area (Å²) < 4.78 is 12.9. The minimum atomic E-state index is -0.562. The fourth-order valence-electron chi connectivity index (χ4n) is 1.89. The van der Waals surface area contributed by atoms with Crippen LogP contribution in [0.4, 0.5) is 10.1 Å². The van der Waals surface area contributed by atoms with Gasteiger partial charge in [-0.15, -0.1) is 0 Å². The van der Waals surface area contributed by atoms with Crippen molar-refractivity contribution in [2.75, 3.05) is 5.32 Å². The molecule has 0 aliphatic rings. The average Bonchev–Trinajstić information content (AvgIpc) is 2.39. The summed E-state index contributed by atoms with van der Waals surface area (Å²) in [5.41, 5.74) is 7.18. The molecular formula is C15H14ClFN2O. The third-order valence-corrected chi connectivity index (χ3v) is 3.30. The van der Waals surface area contributed by atoms with E-state index in [0.29, 0.717) is 5.02 Å². The number of nitrogens with one attached hydrogen (secondary N) is 1. The lowest BCUT2D eigenvalue weighted by Crippen LogP contribution is -2.12. The Morgan fingerprint density at radius 2 is 1.90 bits per heavy atom. The Morgan fingerprint density at radius 3 is 2.45 bits per heavy atom. The highest BCUT2D eigenvalue weighted by atomic mass is 35.5. The van der Waals surface area contributed by atoms with Crippen LogP contribution in [0.3, 0.4) is 0 Å². The highest BCUT2D eigenvalue weighted by Crippen LogP contribution is 2.24. The lowest BCUT2D eigenvalue weighted by Gasteiger charge is -2.16. The summed E-state index contributed by atoms with van der Waals surface area (Å²) in [6, 6.07) is 11.2. The second kappa shape index (κ2) is 5.92. The minimum Gasteiger partial charge on any atom is -0.378 e. The van der Waals surface area contributed by atoms with Gasteiger partial charge in [0, 0.05) is 11.7 Å². The molecule has 1 atom stereocenters. The molecule has 20 heavy (non-hydrogen) atoms. The van der Waals surface area contributed by atoms with E-state index in [2.05, 4.69) is 5.32 Å². The fourth-order valence-corrected chi connectivity index (χ4v) is 2.16. The molecule has 0 spiro atoms. The topological polar surface area (TPSA) is 55.1 Å². The number of nitrogens with two attached hydrogens (primary N) is 1. The van der Waals surface area contributed by atoms with Crippen LogP contribution in [0.5, 0.6) is 0 Å². The normalized spacial score (nSPS) is 11.9. The number of carbonyl (C=O) groups is 1. The smallest absolute Gasteiger partial charge is 0.250 e. The SMILES string of the molecule is CC(Nc1ccc(C(N)=O)c(Cl)c1)c1ccc(F)cc1. The maximum absolute atomic E-state index is 12.9. The van der Waals surface area contributed by atoms with E-state index in [1.54, 1.807) is 30.3 Å². The van der Waals surface area contributed by atoms with E-state index in [1.807, 2.05) is 6.92 Å². The number of halogens is 2. The number of rotatable bonds is 4. The van der Waals surface area contributed by atoms with Gasteiger partial charge in [-0.1, -0.05) is 23.7 Å². The highest BCUT2D eigenvalue weighted by molar-refractivity contribution is 6.34. The summed E-state index contributed by atoms with van der Waals surface area (Å²) in [4.78, 5) is 11.1. The molecule has 0 bridgehead atoms. The van der Waals surface area contributed by atoms with Crippen molar-refractivity contribution in [2.45, 2.75) is 13.0 Å². The zero-order chi connectivity index (χ0) is 14.7. The summed E-state index contributed by atoms with van der Waals surface area (Å²) in [6.45, 7) is 1.95. The molecule has 0 aliphatic heterocycles. The summed E-state index contributed by atoms with van der Waals surface area (Å²) in [5.74, 6) is -0.831. The molecule has 0 aliphatic carbocycles. The molecule has 0 saturated carbocycles. The van der Waals surface area contributed by atoms with E-state index in [-0.39, 0.29) is 17.4 Å². The quantitative estimate of drug-likeness (QED) is 0.901. The van der Waals surface area contributed by atoms with Crippen LogP contribution in [0.2, 0.25) is 5.02 Å². The molecule has 2 aromatic carbocycles. The predicted octanol–water partition coefficient (Wildman–Crippen LogP) is 3.75. The second-order valence-corrected chi connectivity index (χ2v) is 4.88. The van der Waals surface area contributed by atoms with Gasteiger partial charge < -0.3 is 11.1 Å². The van der Waals surface area contributed by atoms with Crippen LogP contribution in [-0.4, -0.2) is 5.91 Å². The number of hydrogen-bond acceptors (Lipinski definition) is 2. The van der Waals surface area contributed by atoms with Crippen molar-refractivity contribution in [1.82, 2.24) is 0 Å². The van der Waals surface area contributed by atoms with Gasteiger partial charge in [0.25, 0.3) is 0 Å². The molecule has 0 fully saturated rings. The van der Waals surface area contributed by atoms with Crippen LogP contribution in [0.25, 0.3) is 0 Å². The molecule has 1 unspecified atom stereocenters. The molecule has 5 heteroatoms. The molecule has 0 heterocycles. The summed E-state index contributed by atoms with van der Waals surface area (Å²) in [7, 11) is 0. The lowest BCUT2D eigenvalue weighted by atomic mass is 10.1. The van der Waals surface area contributed by atoms with Crippen LogP contribution >= 0.6 is 11.6 Å². The van der Waals surface area contributed by atoms with Crippen molar-refractivity contribution in [3.63, 3.8) is 0 Å². The molecule has 0 saturated heterocycles. The van der Waals surface area contributed by atoms with E-state index in [0.717, 1.165) is 11.3 Å². The van der Waals surface area contributed by atoms with Gasteiger partial charge in [-0.3, -0.25) is 4.79 Å². The van der Waals surface area contributed by atoms with Gasteiger partial charge in [0.1, 0.15) is 5.82 Å². The Morgan fingerprint density at radius 1 is 1.25 bits per heavy atom. The van der Waals surface area contributed by atoms with Gasteiger partial charge in [0.05, 0.1) is 10.6 Å². The first-order valence-electron chi connectivity index (χ1n) is 6.08. The van der Waals surface area contributed by atoms with Crippen molar-refractivity contribution in [3.05, 3.63) is 64.4 Å². The van der Waals surface area contributed by atoms with Gasteiger partial charge in [0.15, 0.2) is 0 Å². The number of anilines is 1. The number of hydrogen-bond donors (Lipinski definition) is 2. The zero-order valence-electron chi connectivity index (χ0n) is 10.9. The third kappa shape index (κ3) is 3.27. The maximum atomic E-state index is 12.9. The van der Waals surface area contributed by atoms with Crippen molar-refractivity contribution < 1.29 is 9.18 Å². The Bertz CT molecular complexity index is 628. The van der Waals surface area contributed by atoms with Crippen molar-refractivity contribution in [1.29, 1.82) is 0 Å². The molecule has 3 nitrogen and oxygen atoms in total. The first-order valence-corrected chi connectivity index (χ1v) is 6.46. The Balaban J connectivity index is 2.15. The molecular weight excluding hydrogens is 279 g/mol. The van der Waals surface area contributed by atoms with Crippen LogP contribution < -0.4 is 11.1 Å². The second-order valence-electron chi connectivity index (χ2n) is 4.48. The standard InChI is InChI=1S/C15H14ClFN2O/c1-9(10-2-4-11(17)5-3-10)19-12-6-7-13(15(18)20)14(16)8-12/h2-9,19H,1H3,(H2,18,20). The average molecular weight is 293 g/mol. The minimum absolute atomic E-state index is 0.0221. The molecule has 1 amide bonds. The molecule has 104 valence electrons. The predicted molar refractivity (Wildman–Crippen MR) is 78.4 cm³/mol. The van der Waals surface area contributed by atoms with E-state index in [4.69, 9.17) is 17.3 Å². The highest BCUT2D eigenvalue weighted by Gasteiger charge is 2.09. The molecule has 0 aromatic heterocycles. The summed E-state index contributed by atoms with van der Waals surface area (Å²) >= 11 is 5.98. The van der Waals surface area contributed by atoms with Crippen LogP contribution in [0.15, 0.2) is 42.5 Å². The first-order chi connectivity index (χ1) is 9.47. The van der Waals surface area contributed by atoms with E-state index in [9.17, 15) is 9.18 Å². The van der Waals surface area contributed by atoms with E-state index < -0.39 is 5.91 Å². The van der Waals surface area contributed by atoms with Gasteiger partial charge in [-0.05, 0) is 42.8 Å². The molecule has 2 aromatic rings. The summed E-state index contributed by atoms with van der Waals surface area (Å²) in [6.07, 6.45) is 0. The first kappa shape index (κ1) is 14.3. The van der Waals surface area contributed by atoms with Crippen LogP contribution in [0.1, 0.15) is 28.9 Å². The third-order valence-electron chi connectivity index (χ3n) is 2.99. The van der Waals surface area contributed by atoms with Crippen molar-refractivity contribution in [2.24, 2.45) is 5.73 Å². The van der Waals surface area contributed by atoms with E-state index >= 15 is 0 Å². The maximum Gasteiger partial charge on any atom is 0.250 e. The van der Waals surface area contributed by atoms with Gasteiger partial charge in [-0.2, -0.15) is 0 Å². The van der Waals surface area contributed by atoms with Gasteiger partial charge in [-0.25, -0.2) is 4.39 Å².